The fraction of sp³-hybridized carbons (Fsp3) is 0.385. The van der Waals surface area contributed by atoms with Gasteiger partial charge in [-0.05, 0) is 42.6 Å². The van der Waals surface area contributed by atoms with Crippen LogP contribution in [0.5, 0.6) is 5.75 Å². The zero-order valence-electron chi connectivity index (χ0n) is 9.75. The summed E-state index contributed by atoms with van der Waals surface area (Å²) < 4.78 is 10.9. The van der Waals surface area contributed by atoms with Crippen molar-refractivity contribution in [3.8, 4) is 5.75 Å². The van der Waals surface area contributed by atoms with Crippen molar-refractivity contribution in [2.45, 2.75) is 19.8 Å². The largest absolute Gasteiger partial charge is 0.493 e. The maximum Gasteiger partial charge on any atom is 0.175 e. The van der Waals surface area contributed by atoms with Crippen molar-refractivity contribution in [3.63, 3.8) is 0 Å². The molecule has 0 aliphatic rings. The van der Waals surface area contributed by atoms with Crippen LogP contribution in [-0.4, -0.2) is 13.7 Å². The molecule has 0 spiro atoms. The molecule has 16 heavy (non-hydrogen) atoms. The van der Waals surface area contributed by atoms with Gasteiger partial charge in [-0.2, -0.15) is 0 Å². The number of aryl methyl sites for hydroxylation is 1. The average Bonchev–Trinajstić information content (AvgIpc) is 2.72. The van der Waals surface area contributed by atoms with Crippen molar-refractivity contribution in [2.24, 2.45) is 5.73 Å². The SMILES string of the molecule is CCc1cc(OC)c2occ(CCN)c2c1. The standard InChI is InChI=1S/C13H17NO2/c1-3-9-6-11-10(4-5-14)8-16-13(11)12(7-9)15-2/h6-8H,3-5,14H2,1-2H3. The third-order valence-electron chi connectivity index (χ3n) is 2.82. The van der Waals surface area contributed by atoms with Gasteiger partial charge in [0.1, 0.15) is 0 Å². The molecule has 0 aliphatic heterocycles. The molecule has 2 rings (SSSR count). The minimum Gasteiger partial charge on any atom is -0.493 e. The lowest BCUT2D eigenvalue weighted by Gasteiger charge is -2.04. The van der Waals surface area contributed by atoms with Crippen LogP contribution in [0.3, 0.4) is 0 Å². The number of nitrogens with two attached hydrogens (primary N) is 1. The lowest BCUT2D eigenvalue weighted by atomic mass is 10.1. The van der Waals surface area contributed by atoms with Crippen LogP contribution < -0.4 is 10.5 Å². The Morgan fingerprint density at radius 1 is 1.38 bits per heavy atom. The van der Waals surface area contributed by atoms with Gasteiger partial charge in [0.15, 0.2) is 11.3 Å². The van der Waals surface area contributed by atoms with Crippen LogP contribution in [-0.2, 0) is 12.8 Å². The number of rotatable bonds is 4. The van der Waals surface area contributed by atoms with Crippen molar-refractivity contribution in [1.82, 2.24) is 0 Å². The predicted molar refractivity (Wildman–Crippen MR) is 64.9 cm³/mol. The Hall–Kier alpha value is -1.48. The molecule has 2 N–H and O–H groups in total. The number of hydrogen-bond acceptors (Lipinski definition) is 3. The Kier molecular flexibility index (Phi) is 3.15. The normalized spacial score (nSPS) is 10.9. The predicted octanol–water partition coefficient (Wildman–Crippen LogP) is 2.50. The Morgan fingerprint density at radius 2 is 2.19 bits per heavy atom. The Labute approximate surface area is 95.2 Å². The molecule has 0 aliphatic carbocycles. The molecule has 1 aromatic carbocycles. The number of furan rings is 1. The van der Waals surface area contributed by atoms with E-state index in [0.717, 1.165) is 35.1 Å². The second-order valence-corrected chi connectivity index (χ2v) is 3.83. The summed E-state index contributed by atoms with van der Waals surface area (Å²) in [4.78, 5) is 0. The average molecular weight is 219 g/mol. The molecule has 86 valence electrons. The minimum atomic E-state index is 0.632. The van der Waals surface area contributed by atoms with Gasteiger partial charge in [0.05, 0.1) is 13.4 Å². The smallest absolute Gasteiger partial charge is 0.175 e. The quantitative estimate of drug-likeness (QED) is 0.859. The van der Waals surface area contributed by atoms with Crippen LogP contribution in [0.2, 0.25) is 0 Å². The van der Waals surface area contributed by atoms with Crippen molar-refractivity contribution < 1.29 is 9.15 Å². The van der Waals surface area contributed by atoms with Crippen LogP contribution >= 0.6 is 0 Å². The summed E-state index contributed by atoms with van der Waals surface area (Å²) in [6.07, 6.45) is 3.60. The Balaban J connectivity index is 2.62. The molecule has 2 aromatic rings. The van der Waals surface area contributed by atoms with E-state index in [9.17, 15) is 0 Å². The van der Waals surface area contributed by atoms with Gasteiger partial charge in [0.25, 0.3) is 0 Å². The molecule has 0 fully saturated rings. The third-order valence-corrected chi connectivity index (χ3v) is 2.82. The number of hydrogen-bond donors (Lipinski definition) is 1. The summed E-state index contributed by atoms with van der Waals surface area (Å²) in [7, 11) is 1.67. The van der Waals surface area contributed by atoms with Gasteiger partial charge < -0.3 is 14.9 Å². The first-order valence-electron chi connectivity index (χ1n) is 5.57. The van der Waals surface area contributed by atoms with Gasteiger partial charge in [-0.25, -0.2) is 0 Å². The maximum absolute atomic E-state index is 5.58. The molecular weight excluding hydrogens is 202 g/mol. The second kappa shape index (κ2) is 4.58. The molecule has 0 unspecified atom stereocenters. The molecule has 3 nitrogen and oxygen atoms in total. The van der Waals surface area contributed by atoms with Crippen LogP contribution in [0.1, 0.15) is 18.1 Å². The minimum absolute atomic E-state index is 0.632. The highest BCUT2D eigenvalue weighted by atomic mass is 16.5. The lowest BCUT2D eigenvalue weighted by Crippen LogP contribution is -2.01. The first-order valence-corrected chi connectivity index (χ1v) is 5.57. The van der Waals surface area contributed by atoms with E-state index in [1.54, 1.807) is 13.4 Å². The zero-order chi connectivity index (χ0) is 11.5. The van der Waals surface area contributed by atoms with E-state index in [1.807, 2.05) is 6.07 Å². The number of benzene rings is 1. The van der Waals surface area contributed by atoms with Gasteiger partial charge in [-0.15, -0.1) is 0 Å². The highest BCUT2D eigenvalue weighted by molar-refractivity contribution is 5.87. The van der Waals surface area contributed by atoms with E-state index in [4.69, 9.17) is 14.9 Å². The van der Waals surface area contributed by atoms with Crippen molar-refractivity contribution in [1.29, 1.82) is 0 Å². The number of fused-ring (bicyclic) bond motifs is 1. The van der Waals surface area contributed by atoms with Crippen LogP contribution in [0.15, 0.2) is 22.8 Å². The summed E-state index contributed by atoms with van der Waals surface area (Å²) in [5, 5.41) is 1.13. The molecule has 0 radical (unpaired) electrons. The molecule has 1 aromatic heterocycles. The summed E-state index contributed by atoms with van der Waals surface area (Å²) in [5.74, 6) is 0.803. The Morgan fingerprint density at radius 3 is 2.81 bits per heavy atom. The first kappa shape index (κ1) is 11.0. The third kappa shape index (κ3) is 1.78. The fourth-order valence-electron chi connectivity index (χ4n) is 1.92. The topological polar surface area (TPSA) is 48.4 Å². The molecular formula is C13H17NO2. The molecule has 0 atom stereocenters. The molecule has 0 bridgehead atoms. The number of methoxy groups -OCH3 is 1. The molecule has 1 heterocycles. The van der Waals surface area contributed by atoms with Gasteiger partial charge >= 0.3 is 0 Å². The molecule has 0 saturated carbocycles. The molecule has 3 heteroatoms. The summed E-state index contributed by atoms with van der Waals surface area (Å²) in [6, 6.07) is 4.18. The highest BCUT2D eigenvalue weighted by Gasteiger charge is 2.11. The first-order chi connectivity index (χ1) is 7.80. The lowest BCUT2D eigenvalue weighted by molar-refractivity contribution is 0.409. The molecule has 0 amide bonds. The van der Waals surface area contributed by atoms with Gasteiger partial charge in [0.2, 0.25) is 0 Å². The van der Waals surface area contributed by atoms with Crippen molar-refractivity contribution in [3.05, 3.63) is 29.5 Å². The second-order valence-electron chi connectivity index (χ2n) is 3.83. The van der Waals surface area contributed by atoms with Crippen LogP contribution in [0, 0.1) is 0 Å². The van der Waals surface area contributed by atoms with Crippen molar-refractivity contribution >= 4 is 11.0 Å². The monoisotopic (exact) mass is 219 g/mol. The van der Waals surface area contributed by atoms with Crippen molar-refractivity contribution in [2.75, 3.05) is 13.7 Å². The van der Waals surface area contributed by atoms with E-state index >= 15 is 0 Å². The molecule has 0 saturated heterocycles. The number of ether oxygens (including phenoxy) is 1. The van der Waals surface area contributed by atoms with E-state index in [-0.39, 0.29) is 0 Å². The van der Waals surface area contributed by atoms with E-state index in [0.29, 0.717) is 6.54 Å². The van der Waals surface area contributed by atoms with E-state index in [2.05, 4.69) is 13.0 Å². The van der Waals surface area contributed by atoms with Gasteiger partial charge in [-0.1, -0.05) is 6.92 Å². The zero-order valence-corrected chi connectivity index (χ0v) is 9.75. The highest BCUT2D eigenvalue weighted by Crippen LogP contribution is 2.31. The van der Waals surface area contributed by atoms with E-state index in [1.165, 1.54) is 5.56 Å². The summed E-state index contributed by atoms with van der Waals surface area (Å²) in [6.45, 7) is 2.76. The van der Waals surface area contributed by atoms with Crippen LogP contribution in [0.25, 0.3) is 11.0 Å². The fourth-order valence-corrected chi connectivity index (χ4v) is 1.92. The Bertz CT molecular complexity index is 488. The maximum atomic E-state index is 5.58. The van der Waals surface area contributed by atoms with E-state index < -0.39 is 0 Å². The summed E-state index contributed by atoms with van der Waals surface area (Å²) in [5.41, 5.74) is 8.81. The van der Waals surface area contributed by atoms with Gasteiger partial charge in [-0.3, -0.25) is 0 Å². The van der Waals surface area contributed by atoms with Gasteiger partial charge in [0, 0.05) is 5.39 Å². The summed E-state index contributed by atoms with van der Waals surface area (Å²) >= 11 is 0. The van der Waals surface area contributed by atoms with Crippen LogP contribution in [0.4, 0.5) is 0 Å².